The highest BCUT2D eigenvalue weighted by Crippen LogP contribution is 2.33. The van der Waals surface area contributed by atoms with E-state index >= 15 is 0 Å². The van der Waals surface area contributed by atoms with Gasteiger partial charge in [0, 0.05) is 6.54 Å². The Hall–Kier alpha value is -0.130. The molecule has 2 aliphatic rings. The summed E-state index contributed by atoms with van der Waals surface area (Å²) in [5.74, 6) is 0.318. The van der Waals surface area contributed by atoms with E-state index in [9.17, 15) is 8.42 Å². The van der Waals surface area contributed by atoms with Gasteiger partial charge in [-0.2, -0.15) is 4.31 Å². The Kier molecular flexibility index (Phi) is 3.05. The van der Waals surface area contributed by atoms with Gasteiger partial charge in [-0.05, 0) is 18.8 Å². The standard InChI is InChI=1S/C10H19NO3S/c1-8(2)10-7-14-6-5-11(10)15(12,13)9-3-4-9/h8-10H,3-7H2,1-2H3. The number of sulfonamides is 1. The molecule has 0 spiro atoms. The van der Waals surface area contributed by atoms with E-state index in [2.05, 4.69) is 13.8 Å². The normalized spacial score (nSPS) is 29.7. The van der Waals surface area contributed by atoms with Crippen molar-refractivity contribution < 1.29 is 13.2 Å². The zero-order chi connectivity index (χ0) is 11.1. The van der Waals surface area contributed by atoms with Gasteiger partial charge in [-0.1, -0.05) is 13.8 Å². The number of nitrogens with zero attached hydrogens (tertiary/aromatic N) is 1. The summed E-state index contributed by atoms with van der Waals surface area (Å²) >= 11 is 0. The zero-order valence-electron chi connectivity index (χ0n) is 9.35. The third-order valence-electron chi connectivity index (χ3n) is 3.16. The summed E-state index contributed by atoms with van der Waals surface area (Å²) in [6.07, 6.45) is 1.68. The highest BCUT2D eigenvalue weighted by molar-refractivity contribution is 7.90. The van der Waals surface area contributed by atoms with Crippen molar-refractivity contribution in [1.29, 1.82) is 0 Å². The van der Waals surface area contributed by atoms with Crippen LogP contribution in [0.5, 0.6) is 0 Å². The first-order valence-corrected chi connectivity index (χ1v) is 7.12. The number of ether oxygens (including phenoxy) is 1. The maximum Gasteiger partial charge on any atom is 0.217 e. The lowest BCUT2D eigenvalue weighted by molar-refractivity contribution is 0.0159. The lowest BCUT2D eigenvalue weighted by Crippen LogP contribution is -2.52. The minimum atomic E-state index is -3.03. The average Bonchev–Trinajstić information content (AvgIpc) is 3.01. The molecule has 1 atom stereocenters. The van der Waals surface area contributed by atoms with Gasteiger partial charge >= 0.3 is 0 Å². The highest BCUT2D eigenvalue weighted by Gasteiger charge is 2.44. The largest absolute Gasteiger partial charge is 0.378 e. The average molecular weight is 233 g/mol. The van der Waals surface area contributed by atoms with E-state index < -0.39 is 10.0 Å². The summed E-state index contributed by atoms with van der Waals surface area (Å²) < 4.78 is 31.3. The summed E-state index contributed by atoms with van der Waals surface area (Å²) in [4.78, 5) is 0. The number of rotatable bonds is 3. The predicted molar refractivity (Wildman–Crippen MR) is 58.1 cm³/mol. The van der Waals surface area contributed by atoms with E-state index in [0.717, 1.165) is 12.8 Å². The molecule has 1 aliphatic carbocycles. The smallest absolute Gasteiger partial charge is 0.217 e. The lowest BCUT2D eigenvalue weighted by Gasteiger charge is -2.36. The third kappa shape index (κ3) is 2.19. The van der Waals surface area contributed by atoms with Gasteiger partial charge in [-0.3, -0.25) is 0 Å². The number of morpholine rings is 1. The van der Waals surface area contributed by atoms with Gasteiger partial charge in [0.2, 0.25) is 10.0 Å². The van der Waals surface area contributed by atoms with Crippen LogP contribution in [0.25, 0.3) is 0 Å². The highest BCUT2D eigenvalue weighted by atomic mass is 32.2. The van der Waals surface area contributed by atoms with Crippen LogP contribution in [0.3, 0.4) is 0 Å². The molecule has 88 valence electrons. The molecule has 15 heavy (non-hydrogen) atoms. The van der Waals surface area contributed by atoms with Gasteiger partial charge in [-0.25, -0.2) is 8.42 Å². The van der Waals surface area contributed by atoms with Crippen LogP contribution in [0.15, 0.2) is 0 Å². The second-order valence-electron chi connectivity index (χ2n) is 4.74. The molecule has 0 amide bonds. The predicted octanol–water partition coefficient (Wildman–Crippen LogP) is 0.835. The van der Waals surface area contributed by atoms with Crippen molar-refractivity contribution >= 4 is 10.0 Å². The fourth-order valence-corrected chi connectivity index (χ4v) is 4.13. The van der Waals surface area contributed by atoms with Gasteiger partial charge in [0.15, 0.2) is 0 Å². The minimum Gasteiger partial charge on any atom is -0.378 e. The van der Waals surface area contributed by atoms with Crippen LogP contribution in [0.2, 0.25) is 0 Å². The minimum absolute atomic E-state index is 0.0318. The Bertz CT molecular complexity index is 322. The van der Waals surface area contributed by atoms with Crippen molar-refractivity contribution in [2.24, 2.45) is 5.92 Å². The van der Waals surface area contributed by atoms with Crippen molar-refractivity contribution in [3.63, 3.8) is 0 Å². The van der Waals surface area contributed by atoms with E-state index in [1.54, 1.807) is 4.31 Å². The van der Waals surface area contributed by atoms with E-state index in [-0.39, 0.29) is 11.3 Å². The fraction of sp³-hybridized carbons (Fsp3) is 1.00. The van der Waals surface area contributed by atoms with E-state index in [0.29, 0.717) is 25.7 Å². The van der Waals surface area contributed by atoms with Crippen LogP contribution in [-0.4, -0.2) is 43.8 Å². The Labute approximate surface area is 91.6 Å². The van der Waals surface area contributed by atoms with Crippen LogP contribution in [0.4, 0.5) is 0 Å². The molecule has 2 rings (SSSR count). The second-order valence-corrected chi connectivity index (χ2v) is 6.91. The fourth-order valence-electron chi connectivity index (χ4n) is 2.01. The summed E-state index contributed by atoms with van der Waals surface area (Å²) in [5, 5.41) is -0.100. The molecule has 1 saturated heterocycles. The van der Waals surface area contributed by atoms with Crippen molar-refractivity contribution in [1.82, 2.24) is 4.31 Å². The topological polar surface area (TPSA) is 46.6 Å². The molecular formula is C10H19NO3S. The van der Waals surface area contributed by atoms with Crippen molar-refractivity contribution in [2.45, 2.75) is 38.0 Å². The van der Waals surface area contributed by atoms with Gasteiger partial charge in [0.1, 0.15) is 0 Å². The SMILES string of the molecule is CC(C)C1COCCN1S(=O)(=O)C1CC1. The molecule has 5 heteroatoms. The van der Waals surface area contributed by atoms with Crippen molar-refractivity contribution in [3.05, 3.63) is 0 Å². The number of hydrogen-bond donors (Lipinski definition) is 0. The van der Waals surface area contributed by atoms with Gasteiger partial charge in [-0.15, -0.1) is 0 Å². The molecule has 2 fully saturated rings. The lowest BCUT2D eigenvalue weighted by atomic mass is 10.1. The third-order valence-corrected chi connectivity index (χ3v) is 5.58. The van der Waals surface area contributed by atoms with Gasteiger partial charge in [0.25, 0.3) is 0 Å². The quantitative estimate of drug-likeness (QED) is 0.725. The molecule has 0 radical (unpaired) electrons. The molecule has 1 saturated carbocycles. The van der Waals surface area contributed by atoms with Crippen LogP contribution < -0.4 is 0 Å². The first-order valence-electron chi connectivity index (χ1n) is 5.62. The number of hydrogen-bond acceptors (Lipinski definition) is 3. The summed E-state index contributed by atoms with van der Waals surface area (Å²) in [6.45, 7) is 5.71. The molecule has 4 nitrogen and oxygen atoms in total. The molecule has 0 aromatic heterocycles. The van der Waals surface area contributed by atoms with Crippen LogP contribution in [-0.2, 0) is 14.8 Å². The van der Waals surface area contributed by atoms with Crippen molar-refractivity contribution in [3.8, 4) is 0 Å². The summed E-state index contributed by atoms with van der Waals surface area (Å²) in [7, 11) is -3.03. The molecule has 1 heterocycles. The monoisotopic (exact) mass is 233 g/mol. The first kappa shape index (κ1) is 11.4. The van der Waals surface area contributed by atoms with Gasteiger partial charge in [0.05, 0.1) is 24.5 Å². The second kappa shape index (κ2) is 4.03. The zero-order valence-corrected chi connectivity index (χ0v) is 10.2. The van der Waals surface area contributed by atoms with Gasteiger partial charge < -0.3 is 4.74 Å². The van der Waals surface area contributed by atoms with E-state index in [1.807, 2.05) is 0 Å². The Balaban J connectivity index is 2.17. The van der Waals surface area contributed by atoms with Crippen LogP contribution in [0, 0.1) is 5.92 Å². The molecule has 0 bridgehead atoms. The summed E-state index contributed by atoms with van der Waals surface area (Å²) in [6, 6.07) is 0.0318. The van der Waals surface area contributed by atoms with Crippen LogP contribution >= 0.6 is 0 Å². The Morgan fingerprint density at radius 1 is 1.33 bits per heavy atom. The first-order chi connectivity index (χ1) is 7.03. The van der Waals surface area contributed by atoms with Crippen molar-refractivity contribution in [2.75, 3.05) is 19.8 Å². The Morgan fingerprint density at radius 3 is 2.53 bits per heavy atom. The summed E-state index contributed by atoms with van der Waals surface area (Å²) in [5.41, 5.74) is 0. The molecule has 0 N–H and O–H groups in total. The molecule has 1 unspecified atom stereocenters. The maximum atomic E-state index is 12.1. The molecule has 1 aliphatic heterocycles. The van der Waals surface area contributed by atoms with E-state index in [4.69, 9.17) is 4.74 Å². The molecule has 0 aromatic rings. The van der Waals surface area contributed by atoms with E-state index in [1.165, 1.54) is 0 Å². The maximum absolute atomic E-state index is 12.1. The van der Waals surface area contributed by atoms with Crippen LogP contribution in [0.1, 0.15) is 26.7 Å². The molecular weight excluding hydrogens is 214 g/mol. The Morgan fingerprint density at radius 2 is 2.00 bits per heavy atom. The molecule has 0 aromatic carbocycles.